The van der Waals surface area contributed by atoms with Gasteiger partial charge in [-0.2, -0.15) is 0 Å². The van der Waals surface area contributed by atoms with Crippen molar-refractivity contribution in [1.29, 1.82) is 0 Å². The summed E-state index contributed by atoms with van der Waals surface area (Å²) < 4.78 is 41.8. The second kappa shape index (κ2) is 7.72. The van der Waals surface area contributed by atoms with Crippen molar-refractivity contribution < 1.29 is 17.9 Å². The number of ether oxygens (including phenoxy) is 1. The Bertz CT molecular complexity index is 703. The average molecular weight is 416 g/mol. The number of benzene rings is 1. The molecule has 1 saturated heterocycles. The molecule has 4 nitrogen and oxygen atoms in total. The molecular weight excluding hydrogens is 399 g/mol. The average Bonchev–Trinajstić information content (AvgIpc) is 2.58. The predicted molar refractivity (Wildman–Crippen MR) is 91.3 cm³/mol. The summed E-state index contributed by atoms with van der Waals surface area (Å²) in [5.74, 6) is -0.222. The van der Waals surface area contributed by atoms with E-state index < -0.39 is 6.36 Å². The monoisotopic (exact) mass is 415 g/mol. The lowest BCUT2D eigenvalue weighted by Crippen LogP contribution is -2.45. The molecule has 1 atom stereocenters. The molecule has 2 heterocycles. The third-order valence-corrected chi connectivity index (χ3v) is 4.69. The third-order valence-electron chi connectivity index (χ3n) is 4.03. The number of alkyl halides is 3. The van der Waals surface area contributed by atoms with Gasteiger partial charge in [-0.25, -0.2) is 4.98 Å². The highest BCUT2D eigenvalue weighted by Gasteiger charge is 2.31. The van der Waals surface area contributed by atoms with Crippen molar-refractivity contribution in [2.45, 2.75) is 12.4 Å². The van der Waals surface area contributed by atoms with Gasteiger partial charge in [-0.15, -0.1) is 13.2 Å². The van der Waals surface area contributed by atoms with E-state index in [9.17, 15) is 13.2 Å². The molecule has 1 aliphatic rings. The SMILES string of the molecule is FC(F)(F)Oc1ccc([C@@H](c2cccnc2Br)N2CCNCC2)cc1. The van der Waals surface area contributed by atoms with Crippen molar-refractivity contribution in [3.05, 3.63) is 58.3 Å². The predicted octanol–water partition coefficient (Wildman–Crippen LogP) is 3.74. The summed E-state index contributed by atoms with van der Waals surface area (Å²) in [5.41, 5.74) is 1.87. The summed E-state index contributed by atoms with van der Waals surface area (Å²) in [6, 6.07) is 9.79. The fourth-order valence-electron chi connectivity index (χ4n) is 2.98. The number of pyridine rings is 1. The van der Waals surface area contributed by atoms with E-state index in [0.717, 1.165) is 41.9 Å². The number of halogens is 4. The Morgan fingerprint density at radius 1 is 1.12 bits per heavy atom. The molecule has 0 bridgehead atoms. The molecule has 3 rings (SSSR count). The Labute approximate surface area is 152 Å². The van der Waals surface area contributed by atoms with E-state index >= 15 is 0 Å². The van der Waals surface area contributed by atoms with Crippen molar-refractivity contribution in [2.24, 2.45) is 0 Å². The van der Waals surface area contributed by atoms with E-state index in [-0.39, 0.29) is 11.8 Å². The van der Waals surface area contributed by atoms with Crippen LogP contribution in [0.2, 0.25) is 0 Å². The van der Waals surface area contributed by atoms with Gasteiger partial charge in [-0.3, -0.25) is 4.90 Å². The molecule has 0 aliphatic carbocycles. The maximum atomic E-state index is 12.4. The minimum Gasteiger partial charge on any atom is -0.406 e. The van der Waals surface area contributed by atoms with Crippen LogP contribution in [0.4, 0.5) is 13.2 Å². The van der Waals surface area contributed by atoms with Crippen molar-refractivity contribution in [3.63, 3.8) is 0 Å². The summed E-state index contributed by atoms with van der Waals surface area (Å²) in [6.07, 6.45) is -2.99. The Hall–Kier alpha value is -1.64. The maximum absolute atomic E-state index is 12.4. The maximum Gasteiger partial charge on any atom is 0.573 e. The summed E-state index contributed by atoms with van der Waals surface area (Å²) in [7, 11) is 0. The number of rotatable bonds is 4. The van der Waals surface area contributed by atoms with Gasteiger partial charge in [0.1, 0.15) is 10.4 Å². The first kappa shape index (κ1) is 18.2. The van der Waals surface area contributed by atoms with E-state index in [1.807, 2.05) is 12.1 Å². The van der Waals surface area contributed by atoms with Crippen LogP contribution in [0.25, 0.3) is 0 Å². The van der Waals surface area contributed by atoms with Crippen molar-refractivity contribution >= 4 is 15.9 Å². The lowest BCUT2D eigenvalue weighted by Gasteiger charge is -2.35. The lowest BCUT2D eigenvalue weighted by atomic mass is 9.97. The largest absolute Gasteiger partial charge is 0.573 e. The molecule has 0 spiro atoms. The van der Waals surface area contributed by atoms with Crippen molar-refractivity contribution in [2.75, 3.05) is 26.2 Å². The first-order chi connectivity index (χ1) is 11.9. The first-order valence-electron chi connectivity index (χ1n) is 7.85. The normalized spacial score (nSPS) is 17.3. The molecule has 0 amide bonds. The van der Waals surface area contributed by atoms with E-state index in [0.29, 0.717) is 0 Å². The van der Waals surface area contributed by atoms with Crippen LogP contribution in [0.3, 0.4) is 0 Å². The van der Waals surface area contributed by atoms with Crippen molar-refractivity contribution in [3.8, 4) is 5.75 Å². The molecule has 2 aromatic rings. The summed E-state index contributed by atoms with van der Waals surface area (Å²) in [4.78, 5) is 6.58. The van der Waals surface area contributed by atoms with E-state index in [4.69, 9.17) is 0 Å². The molecule has 1 fully saturated rings. The van der Waals surface area contributed by atoms with Gasteiger partial charge in [-0.05, 0) is 39.7 Å². The van der Waals surface area contributed by atoms with Crippen LogP contribution in [0.15, 0.2) is 47.2 Å². The van der Waals surface area contributed by atoms with E-state index in [1.54, 1.807) is 18.3 Å². The van der Waals surface area contributed by atoms with Crippen molar-refractivity contribution in [1.82, 2.24) is 15.2 Å². The zero-order valence-electron chi connectivity index (χ0n) is 13.3. The van der Waals surface area contributed by atoms with Gasteiger partial charge in [0.25, 0.3) is 0 Å². The number of piperazine rings is 1. The summed E-state index contributed by atoms with van der Waals surface area (Å²) in [5, 5.41) is 3.31. The Morgan fingerprint density at radius 3 is 2.40 bits per heavy atom. The Balaban J connectivity index is 1.93. The minimum absolute atomic E-state index is 0.0925. The molecular formula is C17H17BrF3N3O. The van der Waals surface area contributed by atoms with E-state index in [1.165, 1.54) is 12.1 Å². The van der Waals surface area contributed by atoms with Gasteiger partial charge in [0.15, 0.2) is 0 Å². The molecule has 1 aliphatic heterocycles. The van der Waals surface area contributed by atoms with Crippen LogP contribution in [0.5, 0.6) is 5.75 Å². The van der Waals surface area contributed by atoms with Crippen LogP contribution >= 0.6 is 15.9 Å². The fourth-order valence-corrected chi connectivity index (χ4v) is 3.45. The molecule has 0 unspecified atom stereocenters. The molecule has 0 saturated carbocycles. The molecule has 1 N–H and O–H groups in total. The molecule has 134 valence electrons. The smallest absolute Gasteiger partial charge is 0.406 e. The summed E-state index contributed by atoms with van der Waals surface area (Å²) >= 11 is 3.49. The van der Waals surface area contributed by atoms with Crippen LogP contribution in [0, 0.1) is 0 Å². The van der Waals surface area contributed by atoms with Gasteiger partial charge in [-0.1, -0.05) is 18.2 Å². The summed E-state index contributed by atoms with van der Waals surface area (Å²) in [6.45, 7) is 3.41. The minimum atomic E-state index is -4.69. The highest BCUT2D eigenvalue weighted by Crippen LogP contribution is 2.34. The lowest BCUT2D eigenvalue weighted by molar-refractivity contribution is -0.274. The second-order valence-corrected chi connectivity index (χ2v) is 6.44. The Kier molecular flexibility index (Phi) is 5.61. The quantitative estimate of drug-likeness (QED) is 0.771. The third kappa shape index (κ3) is 4.71. The van der Waals surface area contributed by atoms with Crippen LogP contribution in [-0.4, -0.2) is 42.4 Å². The van der Waals surface area contributed by atoms with Crippen LogP contribution in [-0.2, 0) is 0 Å². The number of nitrogens with one attached hydrogen (secondary N) is 1. The molecule has 8 heteroatoms. The van der Waals surface area contributed by atoms with Gasteiger partial charge in [0, 0.05) is 37.9 Å². The van der Waals surface area contributed by atoms with Crippen LogP contribution in [0.1, 0.15) is 17.2 Å². The zero-order valence-corrected chi connectivity index (χ0v) is 14.8. The zero-order chi connectivity index (χ0) is 17.9. The van der Waals surface area contributed by atoms with Gasteiger partial charge >= 0.3 is 6.36 Å². The topological polar surface area (TPSA) is 37.4 Å². The number of hydrogen-bond donors (Lipinski definition) is 1. The Morgan fingerprint density at radius 2 is 1.80 bits per heavy atom. The first-order valence-corrected chi connectivity index (χ1v) is 8.64. The highest BCUT2D eigenvalue weighted by molar-refractivity contribution is 9.10. The number of aromatic nitrogens is 1. The second-order valence-electron chi connectivity index (χ2n) is 5.69. The van der Waals surface area contributed by atoms with Gasteiger partial charge in [0.2, 0.25) is 0 Å². The number of nitrogens with zero attached hydrogens (tertiary/aromatic N) is 2. The molecule has 1 aromatic heterocycles. The standard InChI is InChI=1S/C17H17BrF3N3O/c18-16-14(2-1-7-23-16)15(24-10-8-22-9-11-24)12-3-5-13(6-4-12)25-17(19,20)21/h1-7,15,22H,8-11H2/t15-/m0/s1. The molecule has 25 heavy (non-hydrogen) atoms. The molecule has 0 radical (unpaired) electrons. The van der Waals surface area contributed by atoms with Gasteiger partial charge < -0.3 is 10.1 Å². The van der Waals surface area contributed by atoms with E-state index in [2.05, 4.69) is 35.9 Å². The van der Waals surface area contributed by atoms with Gasteiger partial charge in [0.05, 0.1) is 6.04 Å². The number of hydrogen-bond acceptors (Lipinski definition) is 4. The highest BCUT2D eigenvalue weighted by atomic mass is 79.9. The molecule has 1 aromatic carbocycles. The fraction of sp³-hybridized carbons (Fsp3) is 0.353. The van der Waals surface area contributed by atoms with Crippen LogP contribution < -0.4 is 10.1 Å².